The van der Waals surface area contributed by atoms with Crippen molar-refractivity contribution in [3.63, 3.8) is 0 Å². The van der Waals surface area contributed by atoms with E-state index >= 15 is 0 Å². The number of carbonyl (C=O) groups is 2. The average molecular weight is 368 g/mol. The summed E-state index contributed by atoms with van der Waals surface area (Å²) in [5.74, 6) is -0.396. The smallest absolute Gasteiger partial charge is 0.251 e. The van der Waals surface area contributed by atoms with Gasteiger partial charge >= 0.3 is 0 Å². The zero-order valence-corrected chi connectivity index (χ0v) is 14.3. The molecule has 0 unspecified atom stereocenters. The summed E-state index contributed by atoms with van der Waals surface area (Å²) in [5.41, 5.74) is 0.683. The molecule has 5 nitrogen and oxygen atoms in total. The number of nitrogens with one attached hydrogen (secondary N) is 3. The monoisotopic (exact) mass is 367 g/mol. The molecule has 1 saturated heterocycles. The van der Waals surface area contributed by atoms with Gasteiger partial charge in [-0.05, 0) is 49.5 Å². The molecule has 1 aromatic carbocycles. The maximum atomic E-state index is 12.0. The predicted octanol–water partition coefficient (Wildman–Crippen LogP) is 1.68. The van der Waals surface area contributed by atoms with E-state index < -0.39 is 0 Å². The van der Waals surface area contributed by atoms with Crippen molar-refractivity contribution < 1.29 is 9.59 Å². The number of amides is 2. The van der Waals surface area contributed by atoms with E-state index in [1.807, 2.05) is 6.07 Å². The Morgan fingerprint density at radius 1 is 1.27 bits per heavy atom. The summed E-state index contributed by atoms with van der Waals surface area (Å²) in [6.45, 7) is 4.83. The minimum atomic E-state index is -0.246. The van der Waals surface area contributed by atoms with Gasteiger partial charge in [0, 0.05) is 16.6 Å². The molecule has 0 saturated carbocycles. The predicted molar refractivity (Wildman–Crippen MR) is 89.7 cm³/mol. The highest BCUT2D eigenvalue weighted by molar-refractivity contribution is 9.10. The van der Waals surface area contributed by atoms with Gasteiger partial charge in [0.25, 0.3) is 5.91 Å². The summed E-state index contributed by atoms with van der Waals surface area (Å²) in [6, 6.07) is 7.08. The first kappa shape index (κ1) is 17.0. The molecule has 3 N–H and O–H groups in total. The number of piperidine rings is 1. The van der Waals surface area contributed by atoms with Crippen LogP contribution in [0.1, 0.15) is 30.1 Å². The molecule has 1 heterocycles. The van der Waals surface area contributed by atoms with Gasteiger partial charge in [0.05, 0.1) is 6.54 Å². The van der Waals surface area contributed by atoms with Crippen LogP contribution in [-0.4, -0.2) is 38.0 Å². The van der Waals surface area contributed by atoms with Crippen LogP contribution in [0.3, 0.4) is 0 Å². The molecule has 120 valence electrons. The summed E-state index contributed by atoms with van der Waals surface area (Å²) in [6.07, 6.45) is 2.11. The molecule has 2 rings (SSSR count). The van der Waals surface area contributed by atoms with E-state index in [1.165, 1.54) is 0 Å². The van der Waals surface area contributed by atoms with E-state index in [4.69, 9.17) is 0 Å². The molecule has 22 heavy (non-hydrogen) atoms. The first-order chi connectivity index (χ1) is 10.5. The van der Waals surface area contributed by atoms with Gasteiger partial charge in [0.15, 0.2) is 0 Å². The summed E-state index contributed by atoms with van der Waals surface area (Å²) in [4.78, 5) is 23.8. The largest absolute Gasteiger partial charge is 0.354 e. The summed E-state index contributed by atoms with van der Waals surface area (Å²) < 4.78 is 0.837. The van der Waals surface area contributed by atoms with Crippen LogP contribution in [-0.2, 0) is 4.79 Å². The van der Waals surface area contributed by atoms with Crippen LogP contribution in [0.4, 0.5) is 0 Å². The highest BCUT2D eigenvalue weighted by Crippen LogP contribution is 2.26. The van der Waals surface area contributed by atoms with Crippen LogP contribution in [0.15, 0.2) is 28.7 Å². The average Bonchev–Trinajstić information content (AvgIpc) is 2.51. The highest BCUT2D eigenvalue weighted by atomic mass is 79.9. The second-order valence-corrected chi connectivity index (χ2v) is 6.95. The Balaban J connectivity index is 1.74. The van der Waals surface area contributed by atoms with E-state index in [-0.39, 0.29) is 23.8 Å². The van der Waals surface area contributed by atoms with Crippen molar-refractivity contribution in [1.29, 1.82) is 0 Å². The van der Waals surface area contributed by atoms with E-state index in [0.29, 0.717) is 12.1 Å². The van der Waals surface area contributed by atoms with E-state index in [2.05, 4.69) is 38.8 Å². The number of halogens is 1. The molecule has 0 aliphatic carbocycles. The Bertz CT molecular complexity index is 542. The second-order valence-electron chi connectivity index (χ2n) is 6.03. The minimum absolute atomic E-state index is 0.000321. The number of hydrogen-bond donors (Lipinski definition) is 3. The van der Waals surface area contributed by atoms with Crippen molar-refractivity contribution in [3.05, 3.63) is 34.3 Å². The van der Waals surface area contributed by atoms with E-state index in [0.717, 1.165) is 30.4 Å². The topological polar surface area (TPSA) is 70.2 Å². The van der Waals surface area contributed by atoms with Crippen LogP contribution in [0, 0.1) is 5.41 Å². The quantitative estimate of drug-likeness (QED) is 0.741. The van der Waals surface area contributed by atoms with Crippen molar-refractivity contribution in [2.45, 2.75) is 19.8 Å². The zero-order chi connectivity index (χ0) is 16.0. The van der Waals surface area contributed by atoms with Crippen molar-refractivity contribution in [3.8, 4) is 0 Å². The van der Waals surface area contributed by atoms with Gasteiger partial charge < -0.3 is 16.0 Å². The molecule has 1 aliphatic heterocycles. The Morgan fingerprint density at radius 2 is 2.00 bits per heavy atom. The van der Waals surface area contributed by atoms with Crippen LogP contribution in [0.5, 0.6) is 0 Å². The second kappa shape index (κ2) is 7.74. The third-order valence-electron chi connectivity index (χ3n) is 4.02. The van der Waals surface area contributed by atoms with Gasteiger partial charge in [-0.15, -0.1) is 0 Å². The van der Waals surface area contributed by atoms with E-state index in [1.54, 1.807) is 18.2 Å². The van der Waals surface area contributed by atoms with Gasteiger partial charge in [-0.2, -0.15) is 0 Å². The van der Waals surface area contributed by atoms with Crippen molar-refractivity contribution in [2.75, 3.05) is 26.2 Å². The number of carbonyl (C=O) groups excluding carboxylic acids is 2. The highest BCUT2D eigenvalue weighted by Gasteiger charge is 2.26. The Hall–Kier alpha value is -1.40. The number of hydrogen-bond acceptors (Lipinski definition) is 3. The molecule has 0 aromatic heterocycles. The lowest BCUT2D eigenvalue weighted by Gasteiger charge is -2.34. The Morgan fingerprint density at radius 3 is 2.68 bits per heavy atom. The summed E-state index contributed by atoms with van der Waals surface area (Å²) in [5, 5.41) is 8.88. The normalized spacial score (nSPS) is 16.8. The van der Waals surface area contributed by atoms with Gasteiger partial charge in [-0.25, -0.2) is 0 Å². The molecule has 1 aliphatic rings. The molecular formula is C16H22BrN3O2. The van der Waals surface area contributed by atoms with E-state index in [9.17, 15) is 9.59 Å². The zero-order valence-electron chi connectivity index (χ0n) is 12.7. The van der Waals surface area contributed by atoms with Gasteiger partial charge in [0.1, 0.15) is 0 Å². The fourth-order valence-corrected chi connectivity index (χ4v) is 2.87. The third kappa shape index (κ3) is 5.10. The fraction of sp³-hybridized carbons (Fsp3) is 0.500. The molecule has 6 heteroatoms. The molecular weight excluding hydrogens is 346 g/mol. The van der Waals surface area contributed by atoms with Gasteiger partial charge in [0.2, 0.25) is 5.91 Å². The molecule has 0 atom stereocenters. The molecule has 1 aromatic rings. The lowest BCUT2D eigenvalue weighted by atomic mass is 9.81. The molecule has 0 bridgehead atoms. The van der Waals surface area contributed by atoms with Gasteiger partial charge in [-0.1, -0.05) is 28.9 Å². The first-order valence-electron chi connectivity index (χ1n) is 7.50. The van der Waals surface area contributed by atoms with Crippen LogP contribution in [0.25, 0.3) is 0 Å². The summed E-state index contributed by atoms with van der Waals surface area (Å²) in [7, 11) is 0. The van der Waals surface area contributed by atoms with Crippen molar-refractivity contribution in [1.82, 2.24) is 16.0 Å². The third-order valence-corrected chi connectivity index (χ3v) is 4.51. The maximum absolute atomic E-state index is 12.0. The summed E-state index contributed by atoms with van der Waals surface area (Å²) >= 11 is 3.32. The molecule has 2 amide bonds. The fourth-order valence-electron chi connectivity index (χ4n) is 2.47. The first-order valence-corrected chi connectivity index (χ1v) is 8.29. The van der Waals surface area contributed by atoms with Crippen LogP contribution < -0.4 is 16.0 Å². The van der Waals surface area contributed by atoms with Gasteiger partial charge in [-0.3, -0.25) is 9.59 Å². The lowest BCUT2D eigenvalue weighted by molar-refractivity contribution is -0.120. The van der Waals surface area contributed by atoms with Crippen LogP contribution >= 0.6 is 15.9 Å². The van der Waals surface area contributed by atoms with Crippen molar-refractivity contribution >= 4 is 27.7 Å². The molecule has 0 radical (unpaired) electrons. The number of benzene rings is 1. The standard InChI is InChI=1S/C16H22BrN3O2/c1-16(5-7-18-8-6-16)11-20-14(21)10-19-15(22)12-3-2-4-13(17)9-12/h2-4,9,18H,5-8,10-11H2,1H3,(H,19,22)(H,20,21). The Kier molecular flexibility index (Phi) is 5.97. The molecule has 0 spiro atoms. The molecule has 1 fully saturated rings. The minimum Gasteiger partial charge on any atom is -0.354 e. The maximum Gasteiger partial charge on any atom is 0.251 e. The number of rotatable bonds is 5. The lowest BCUT2D eigenvalue weighted by Crippen LogP contribution is -2.45. The SMILES string of the molecule is CC1(CNC(=O)CNC(=O)c2cccc(Br)c2)CCNCC1. The van der Waals surface area contributed by atoms with Crippen LogP contribution in [0.2, 0.25) is 0 Å². The van der Waals surface area contributed by atoms with Crippen molar-refractivity contribution in [2.24, 2.45) is 5.41 Å². The Labute approximate surface area is 139 Å².